The van der Waals surface area contributed by atoms with Crippen LogP contribution in [0.3, 0.4) is 0 Å². The molecule has 0 saturated carbocycles. The summed E-state index contributed by atoms with van der Waals surface area (Å²) in [5.74, 6) is 6.11. The van der Waals surface area contributed by atoms with Crippen molar-refractivity contribution in [2.24, 2.45) is 10.8 Å². The first-order valence-corrected chi connectivity index (χ1v) is 4.21. The van der Waals surface area contributed by atoms with E-state index in [0.717, 1.165) is 34.8 Å². The minimum absolute atomic E-state index is 0.764. The van der Waals surface area contributed by atoms with Crippen LogP contribution in [0.2, 0.25) is 0 Å². The number of hydrazine groups is 1. The Morgan fingerprint density at radius 3 is 2.92 bits per heavy atom. The van der Waals surface area contributed by atoms with Crippen molar-refractivity contribution < 1.29 is 0 Å². The number of fused-ring (bicyclic) bond motifs is 1. The average Bonchev–Trinajstić information content (AvgIpc) is 2.55. The molecular formula is C9H12N4. The second-order valence-corrected chi connectivity index (χ2v) is 3.22. The lowest BCUT2D eigenvalue weighted by molar-refractivity contribution is 1.00. The number of aromatic nitrogens is 1. The number of nitrogens with one attached hydrogen (secondary N) is 1. The summed E-state index contributed by atoms with van der Waals surface area (Å²) in [6.45, 7) is 4.02. The molecule has 4 heteroatoms. The second-order valence-electron chi connectivity index (χ2n) is 3.22. The molecule has 0 amide bonds. The molecule has 4 nitrogen and oxygen atoms in total. The number of pyridine rings is 1. The van der Waals surface area contributed by atoms with Gasteiger partial charge in [0.1, 0.15) is 5.84 Å². The molecule has 13 heavy (non-hydrogen) atoms. The number of hydrogen-bond acceptors (Lipinski definition) is 4. The van der Waals surface area contributed by atoms with Gasteiger partial charge in [0.05, 0.1) is 5.69 Å². The zero-order valence-electron chi connectivity index (χ0n) is 7.76. The van der Waals surface area contributed by atoms with Gasteiger partial charge in [0.25, 0.3) is 0 Å². The highest BCUT2D eigenvalue weighted by Gasteiger charge is 2.16. The fourth-order valence-electron chi connectivity index (χ4n) is 1.47. The SMILES string of the molecule is Cc1ncc2c(c1C)N=C(NN)C2. The predicted octanol–water partition coefficient (Wildman–Crippen LogP) is 0.748. The third kappa shape index (κ3) is 1.19. The zero-order valence-corrected chi connectivity index (χ0v) is 7.76. The van der Waals surface area contributed by atoms with Crippen LogP contribution in [0.15, 0.2) is 11.2 Å². The summed E-state index contributed by atoms with van der Waals surface area (Å²) in [6.07, 6.45) is 2.63. The predicted molar refractivity (Wildman–Crippen MR) is 51.8 cm³/mol. The third-order valence-corrected chi connectivity index (χ3v) is 2.39. The normalized spacial score (nSPS) is 13.9. The number of nitrogens with two attached hydrogens (primary N) is 1. The number of rotatable bonds is 0. The molecule has 0 fully saturated rings. The van der Waals surface area contributed by atoms with Crippen molar-refractivity contribution in [2.75, 3.05) is 0 Å². The van der Waals surface area contributed by atoms with E-state index in [2.05, 4.69) is 15.4 Å². The van der Waals surface area contributed by atoms with Gasteiger partial charge in [-0.25, -0.2) is 10.8 Å². The minimum atomic E-state index is 0.764. The summed E-state index contributed by atoms with van der Waals surface area (Å²) in [5.41, 5.74) is 6.93. The highest BCUT2D eigenvalue weighted by atomic mass is 15.3. The number of amidine groups is 1. The largest absolute Gasteiger partial charge is 0.312 e. The molecule has 1 aromatic heterocycles. The van der Waals surface area contributed by atoms with Gasteiger partial charge in [-0.2, -0.15) is 0 Å². The number of aliphatic imine (C=N–C) groups is 1. The molecule has 2 rings (SSSR count). The first-order valence-electron chi connectivity index (χ1n) is 4.21. The van der Waals surface area contributed by atoms with Gasteiger partial charge < -0.3 is 5.43 Å². The molecule has 68 valence electrons. The van der Waals surface area contributed by atoms with E-state index in [-0.39, 0.29) is 0 Å². The topological polar surface area (TPSA) is 63.3 Å². The highest BCUT2D eigenvalue weighted by molar-refractivity contribution is 5.92. The minimum Gasteiger partial charge on any atom is -0.312 e. The van der Waals surface area contributed by atoms with E-state index in [0.29, 0.717) is 0 Å². The van der Waals surface area contributed by atoms with Gasteiger partial charge >= 0.3 is 0 Å². The lowest BCUT2D eigenvalue weighted by atomic mass is 10.1. The van der Waals surface area contributed by atoms with Gasteiger partial charge in [-0.1, -0.05) is 0 Å². The summed E-state index contributed by atoms with van der Waals surface area (Å²) in [6, 6.07) is 0. The van der Waals surface area contributed by atoms with Crippen LogP contribution in [0.4, 0.5) is 5.69 Å². The summed E-state index contributed by atoms with van der Waals surface area (Å²) in [7, 11) is 0. The Morgan fingerprint density at radius 2 is 2.23 bits per heavy atom. The molecule has 0 atom stereocenters. The molecule has 2 heterocycles. The molecule has 0 spiro atoms. The van der Waals surface area contributed by atoms with Crippen LogP contribution in [-0.4, -0.2) is 10.8 Å². The zero-order chi connectivity index (χ0) is 9.42. The molecule has 0 aliphatic carbocycles. The van der Waals surface area contributed by atoms with E-state index in [4.69, 9.17) is 5.84 Å². The molecule has 3 N–H and O–H groups in total. The van der Waals surface area contributed by atoms with E-state index in [1.165, 1.54) is 0 Å². The van der Waals surface area contributed by atoms with Gasteiger partial charge in [-0.15, -0.1) is 0 Å². The van der Waals surface area contributed by atoms with Gasteiger partial charge in [-0.05, 0) is 19.4 Å². The summed E-state index contributed by atoms with van der Waals surface area (Å²) in [4.78, 5) is 8.65. The average molecular weight is 176 g/mol. The fourth-order valence-corrected chi connectivity index (χ4v) is 1.47. The first kappa shape index (κ1) is 8.19. The van der Waals surface area contributed by atoms with Crippen molar-refractivity contribution in [2.45, 2.75) is 20.3 Å². The van der Waals surface area contributed by atoms with Crippen molar-refractivity contribution >= 4 is 11.5 Å². The van der Waals surface area contributed by atoms with Crippen LogP contribution in [-0.2, 0) is 6.42 Å². The monoisotopic (exact) mass is 176 g/mol. The Bertz CT molecular complexity index is 381. The Labute approximate surface area is 76.9 Å². The van der Waals surface area contributed by atoms with Gasteiger partial charge in [-0.3, -0.25) is 4.98 Å². The summed E-state index contributed by atoms with van der Waals surface area (Å²) >= 11 is 0. The maximum Gasteiger partial charge on any atom is 0.121 e. The van der Waals surface area contributed by atoms with E-state index < -0.39 is 0 Å². The lowest BCUT2D eigenvalue weighted by Gasteiger charge is -2.02. The summed E-state index contributed by atoms with van der Waals surface area (Å²) in [5, 5.41) is 0. The molecule has 0 saturated heterocycles. The number of hydrogen-bond donors (Lipinski definition) is 2. The van der Waals surface area contributed by atoms with Crippen molar-refractivity contribution in [1.82, 2.24) is 10.4 Å². The maximum absolute atomic E-state index is 5.30. The van der Waals surface area contributed by atoms with Crippen molar-refractivity contribution in [1.29, 1.82) is 0 Å². The van der Waals surface area contributed by atoms with E-state index in [1.54, 1.807) is 0 Å². The van der Waals surface area contributed by atoms with Crippen LogP contribution in [0, 0.1) is 13.8 Å². The maximum atomic E-state index is 5.30. The Balaban J connectivity index is 2.53. The van der Waals surface area contributed by atoms with Crippen LogP contribution in [0.1, 0.15) is 16.8 Å². The smallest absolute Gasteiger partial charge is 0.121 e. The lowest BCUT2D eigenvalue weighted by Crippen LogP contribution is -2.29. The third-order valence-electron chi connectivity index (χ3n) is 2.39. The van der Waals surface area contributed by atoms with Crippen LogP contribution in [0.25, 0.3) is 0 Å². The van der Waals surface area contributed by atoms with Gasteiger partial charge in [0, 0.05) is 23.9 Å². The standard InChI is InChI=1S/C9H12N4/c1-5-6(2)11-4-7-3-8(13-10)12-9(5)7/h4H,3,10H2,1-2H3,(H,12,13). The van der Waals surface area contributed by atoms with E-state index >= 15 is 0 Å². The number of nitrogens with zero attached hydrogens (tertiary/aromatic N) is 2. The first-order chi connectivity index (χ1) is 6.22. The molecule has 0 radical (unpaired) electrons. The Morgan fingerprint density at radius 1 is 1.46 bits per heavy atom. The number of aryl methyl sites for hydroxylation is 1. The molecule has 1 aliphatic rings. The van der Waals surface area contributed by atoms with Gasteiger partial charge in [0.2, 0.25) is 0 Å². The second kappa shape index (κ2) is 2.81. The fraction of sp³-hybridized carbons (Fsp3) is 0.333. The van der Waals surface area contributed by atoms with E-state index in [9.17, 15) is 0 Å². The van der Waals surface area contributed by atoms with Crippen LogP contribution in [0.5, 0.6) is 0 Å². The quantitative estimate of drug-likeness (QED) is 0.453. The van der Waals surface area contributed by atoms with Crippen molar-refractivity contribution in [3.05, 3.63) is 23.0 Å². The van der Waals surface area contributed by atoms with E-state index in [1.807, 2.05) is 20.0 Å². The molecule has 1 aliphatic heterocycles. The summed E-state index contributed by atoms with van der Waals surface area (Å²) < 4.78 is 0. The van der Waals surface area contributed by atoms with Gasteiger partial charge in [0.15, 0.2) is 0 Å². The van der Waals surface area contributed by atoms with Crippen molar-refractivity contribution in [3.63, 3.8) is 0 Å². The van der Waals surface area contributed by atoms with Crippen molar-refractivity contribution in [3.8, 4) is 0 Å². The Kier molecular flexibility index (Phi) is 1.77. The highest BCUT2D eigenvalue weighted by Crippen LogP contribution is 2.29. The van der Waals surface area contributed by atoms with Crippen LogP contribution < -0.4 is 11.3 Å². The molecular weight excluding hydrogens is 164 g/mol. The molecule has 0 aromatic carbocycles. The molecule has 1 aromatic rings. The Hall–Kier alpha value is -1.42. The molecule has 0 bridgehead atoms. The van der Waals surface area contributed by atoms with Crippen LogP contribution >= 0.6 is 0 Å². The molecule has 0 unspecified atom stereocenters.